The summed E-state index contributed by atoms with van der Waals surface area (Å²) in [6, 6.07) is 0. The molecule has 6 heavy (non-hydrogen) atoms. The minimum absolute atomic E-state index is 0. The summed E-state index contributed by atoms with van der Waals surface area (Å²) in [6.45, 7) is 0. The molecule has 0 aliphatic rings. The maximum Gasteiger partial charge on any atom is 4.00 e. The van der Waals surface area contributed by atoms with Crippen molar-refractivity contribution in [3.8, 4) is 0 Å². The average molecular weight is 106 g/mol. The molecule has 0 radical (unpaired) electrons. The fourth-order valence-electron chi connectivity index (χ4n) is 0. The first-order valence-corrected chi connectivity index (χ1v) is 2.51. The van der Waals surface area contributed by atoms with Gasteiger partial charge in [-0.25, -0.2) is 0 Å². The monoisotopic (exact) mass is 106 g/mol. The molecular weight excluding hydrogens is 104 g/mol. The second kappa shape index (κ2) is 2.27. The predicted octanol–water partition coefficient (Wildman–Crippen LogP) is -4.31. The fraction of sp³-hybridized carbons (Fsp3) is 0. The first-order valence-electron chi connectivity index (χ1n) is 0.836. The Labute approximate surface area is 38.3 Å². The van der Waals surface area contributed by atoms with Crippen LogP contribution in [0.4, 0.5) is 0 Å². The number of hydrogen-bond donors (Lipinski definition) is 1. The van der Waals surface area contributed by atoms with Gasteiger partial charge in [0.25, 0.3) is 0 Å². The average Bonchev–Trinajstić information content (AvgIpc) is 0.722. The van der Waals surface area contributed by atoms with Gasteiger partial charge in [0.15, 0.2) is 0 Å². The van der Waals surface area contributed by atoms with Crippen LogP contribution in [0.25, 0.3) is 0 Å². The van der Waals surface area contributed by atoms with Crippen molar-refractivity contribution in [3.05, 3.63) is 7.43 Å². The molecular formula is CH2O4Si. The van der Waals surface area contributed by atoms with Crippen molar-refractivity contribution in [2.45, 2.75) is 0 Å². The minimum atomic E-state index is -5.36. The molecule has 0 aromatic heterocycles. The summed E-state index contributed by atoms with van der Waals surface area (Å²) in [4.78, 5) is 33.1. The van der Waals surface area contributed by atoms with E-state index >= 15 is 0 Å². The fourth-order valence-corrected chi connectivity index (χ4v) is 0. The zero-order valence-electron chi connectivity index (χ0n) is 3.67. The Morgan fingerprint density at radius 1 is 1.33 bits per heavy atom. The second-order valence-corrected chi connectivity index (χ2v) is 1.57. The Morgan fingerprint density at radius 2 is 1.33 bits per heavy atom. The van der Waals surface area contributed by atoms with E-state index in [1.165, 1.54) is 0 Å². The van der Waals surface area contributed by atoms with Crippen molar-refractivity contribution in [1.29, 1.82) is 0 Å². The van der Waals surface area contributed by atoms with Gasteiger partial charge in [-0.1, -0.05) is 0 Å². The van der Waals surface area contributed by atoms with E-state index in [4.69, 9.17) is 19.2 Å². The topological polar surface area (TPSA) is 89.4 Å². The van der Waals surface area contributed by atoms with Crippen LogP contribution in [0.3, 0.4) is 0 Å². The van der Waals surface area contributed by atoms with E-state index in [1.54, 1.807) is 0 Å². The molecule has 0 saturated heterocycles. The van der Waals surface area contributed by atoms with Crippen LogP contribution in [0.15, 0.2) is 0 Å². The van der Waals surface area contributed by atoms with Gasteiger partial charge in [0.05, 0.1) is 0 Å². The molecule has 1 N–H and O–H groups in total. The first kappa shape index (κ1) is 9.41. The molecule has 0 aromatic carbocycles. The summed E-state index contributed by atoms with van der Waals surface area (Å²) in [5.41, 5.74) is 0. The van der Waals surface area contributed by atoms with Crippen LogP contribution >= 0.6 is 0 Å². The third kappa shape index (κ3) is 11700. The molecule has 0 spiro atoms. The Balaban J connectivity index is -0.0000000800. The van der Waals surface area contributed by atoms with Crippen LogP contribution < -0.4 is 14.4 Å². The molecule has 0 atom stereocenters. The minimum Gasteiger partial charge on any atom is -1.00 e. The van der Waals surface area contributed by atoms with E-state index < -0.39 is 9.05 Å². The summed E-state index contributed by atoms with van der Waals surface area (Å²) < 4.78 is 0. The van der Waals surface area contributed by atoms with Gasteiger partial charge in [0, 0.05) is 0 Å². The van der Waals surface area contributed by atoms with Crippen molar-refractivity contribution < 1.29 is 20.6 Å². The molecule has 0 amide bonds. The molecule has 0 aliphatic carbocycles. The summed E-state index contributed by atoms with van der Waals surface area (Å²) in [5, 5.41) is 0. The molecule has 0 rings (SSSR count). The molecule has 4 nitrogen and oxygen atoms in total. The molecule has 0 bridgehead atoms. The molecule has 0 saturated carbocycles. The van der Waals surface area contributed by atoms with Crippen LogP contribution in [0.5, 0.6) is 0 Å². The van der Waals surface area contributed by atoms with Gasteiger partial charge >= 0.3 is 7.43 Å². The first-order chi connectivity index (χ1) is 2.00. The number of hydrogen-bond acceptors (Lipinski definition) is 4. The van der Waals surface area contributed by atoms with Crippen molar-refractivity contribution in [1.82, 2.24) is 0 Å². The van der Waals surface area contributed by atoms with Gasteiger partial charge < -0.3 is 20.6 Å². The van der Waals surface area contributed by atoms with Crippen LogP contribution in [-0.2, 0) is 0 Å². The Morgan fingerprint density at radius 3 is 1.33 bits per heavy atom. The molecule has 0 unspecified atom stereocenters. The van der Waals surface area contributed by atoms with Crippen molar-refractivity contribution in [2.75, 3.05) is 0 Å². The van der Waals surface area contributed by atoms with E-state index in [9.17, 15) is 0 Å². The smallest absolute Gasteiger partial charge is 1.00 e. The Bertz CT molecular complexity index is 27.2. The molecule has 0 fully saturated rings. The molecule has 0 aromatic rings. The third-order valence-electron chi connectivity index (χ3n) is 0. The van der Waals surface area contributed by atoms with Gasteiger partial charge in [-0.3, -0.25) is 0 Å². The zero-order valence-corrected chi connectivity index (χ0v) is 3.67. The predicted molar refractivity (Wildman–Crippen MR) is 12.3 cm³/mol. The van der Waals surface area contributed by atoms with E-state index in [0.717, 1.165) is 0 Å². The van der Waals surface area contributed by atoms with Crippen molar-refractivity contribution >= 4 is 9.05 Å². The van der Waals surface area contributed by atoms with Crippen LogP contribution in [-0.4, -0.2) is 13.8 Å². The summed E-state index contributed by atoms with van der Waals surface area (Å²) in [7, 11) is -5.36. The maximum absolute atomic E-state index is 8.69. The normalized spacial score (nSPS) is 10.0. The molecule has 5 heteroatoms. The van der Waals surface area contributed by atoms with Crippen LogP contribution in [0.2, 0.25) is 0 Å². The Kier molecular flexibility index (Phi) is 3.56. The van der Waals surface area contributed by atoms with E-state index in [-0.39, 0.29) is 8.85 Å². The van der Waals surface area contributed by atoms with Crippen LogP contribution in [0, 0.1) is 7.43 Å². The second-order valence-electron chi connectivity index (χ2n) is 0.524. The maximum atomic E-state index is 8.69. The van der Waals surface area contributed by atoms with E-state index in [2.05, 4.69) is 0 Å². The van der Waals surface area contributed by atoms with Gasteiger partial charge in [-0.2, -0.15) is 0 Å². The van der Waals surface area contributed by atoms with Gasteiger partial charge in [0.2, 0.25) is 0 Å². The van der Waals surface area contributed by atoms with E-state index in [0.29, 0.717) is 0 Å². The van der Waals surface area contributed by atoms with Crippen molar-refractivity contribution in [2.24, 2.45) is 0 Å². The van der Waals surface area contributed by atoms with Crippen LogP contribution in [0.1, 0.15) is 1.43 Å². The zero-order chi connectivity index (χ0) is 4.50. The van der Waals surface area contributed by atoms with Gasteiger partial charge in [0.1, 0.15) is 0 Å². The molecule has 0 heterocycles. The van der Waals surface area contributed by atoms with Crippen molar-refractivity contribution in [3.63, 3.8) is 0 Å². The third-order valence-corrected chi connectivity index (χ3v) is 0. The molecule has 34 valence electrons. The quantitative estimate of drug-likeness (QED) is 0.316. The number of rotatable bonds is 0. The largest absolute Gasteiger partial charge is 4.00 e. The molecule has 0 aliphatic heterocycles. The summed E-state index contributed by atoms with van der Waals surface area (Å²) in [5.74, 6) is 0. The standard InChI is InChI=1S/C.HO4Si.H/c;1-5(2,3)4;/h;1H;/q+4;-3;-1. The Hall–Kier alpha value is 0.0569. The SMILES string of the molecule is [C+4].[H-].[O-][Si]([O-])([O-])O. The van der Waals surface area contributed by atoms with Gasteiger partial charge in [-0.15, -0.1) is 9.05 Å². The van der Waals surface area contributed by atoms with E-state index in [1.807, 2.05) is 0 Å². The van der Waals surface area contributed by atoms with Gasteiger partial charge in [-0.05, 0) is 0 Å². The summed E-state index contributed by atoms with van der Waals surface area (Å²) in [6.07, 6.45) is 0. The summed E-state index contributed by atoms with van der Waals surface area (Å²) >= 11 is 0.